The monoisotopic (exact) mass is 488 g/mol. The first-order valence-electron chi connectivity index (χ1n) is 11.3. The summed E-state index contributed by atoms with van der Waals surface area (Å²) in [4.78, 5) is 30.2. The Labute approximate surface area is 207 Å². The molecule has 2 aromatic heterocycles. The van der Waals surface area contributed by atoms with Crippen LogP contribution in [0, 0.1) is 19.7 Å². The smallest absolute Gasteiger partial charge is 0.277 e. The van der Waals surface area contributed by atoms with E-state index in [1.807, 2.05) is 49.6 Å². The van der Waals surface area contributed by atoms with Crippen LogP contribution in [0.4, 0.5) is 10.1 Å². The van der Waals surface area contributed by atoms with Crippen molar-refractivity contribution < 1.29 is 14.0 Å². The molecule has 0 fully saturated rings. The second-order valence-corrected chi connectivity index (χ2v) is 10.0. The van der Waals surface area contributed by atoms with Crippen LogP contribution < -0.4 is 10.2 Å². The summed E-state index contributed by atoms with van der Waals surface area (Å²) in [7, 11) is 0. The zero-order valence-electron chi connectivity index (χ0n) is 19.7. The predicted molar refractivity (Wildman–Crippen MR) is 135 cm³/mol. The molecule has 1 atom stereocenters. The van der Waals surface area contributed by atoms with Gasteiger partial charge in [0.05, 0.1) is 11.4 Å². The van der Waals surface area contributed by atoms with Gasteiger partial charge in [-0.05, 0) is 67.6 Å². The highest BCUT2D eigenvalue weighted by molar-refractivity contribution is 7.13. The van der Waals surface area contributed by atoms with E-state index in [4.69, 9.17) is 0 Å². The molecule has 178 valence electrons. The van der Waals surface area contributed by atoms with Gasteiger partial charge in [0.2, 0.25) is 5.91 Å². The van der Waals surface area contributed by atoms with Crippen molar-refractivity contribution in [2.24, 2.45) is 0 Å². The van der Waals surface area contributed by atoms with E-state index in [9.17, 15) is 14.0 Å². The van der Waals surface area contributed by atoms with Gasteiger partial charge in [-0.3, -0.25) is 19.2 Å². The lowest BCUT2D eigenvalue weighted by atomic mass is 9.92. The number of hydrogen-bond acceptors (Lipinski definition) is 4. The van der Waals surface area contributed by atoms with Gasteiger partial charge >= 0.3 is 0 Å². The molecular formula is C27H25FN4O2S. The molecule has 0 saturated carbocycles. The molecule has 0 radical (unpaired) electrons. The fraction of sp³-hybridized carbons (Fsp3) is 0.222. The molecule has 0 saturated heterocycles. The summed E-state index contributed by atoms with van der Waals surface area (Å²) in [6.45, 7) is 6.11. The largest absolute Gasteiger partial charge is 0.350 e. The minimum atomic E-state index is -1.23. The lowest BCUT2D eigenvalue weighted by Crippen LogP contribution is -2.64. The van der Waals surface area contributed by atoms with Crippen LogP contribution in [-0.4, -0.2) is 27.1 Å². The number of thiophene rings is 1. The van der Waals surface area contributed by atoms with Crippen molar-refractivity contribution in [3.63, 3.8) is 0 Å². The molecule has 0 aliphatic carbocycles. The molecule has 0 bridgehead atoms. The highest BCUT2D eigenvalue weighted by Gasteiger charge is 2.49. The van der Waals surface area contributed by atoms with Crippen LogP contribution in [-0.2, 0) is 17.9 Å². The second kappa shape index (κ2) is 8.78. The van der Waals surface area contributed by atoms with Gasteiger partial charge in [0.1, 0.15) is 22.7 Å². The quantitative estimate of drug-likeness (QED) is 0.425. The maximum absolute atomic E-state index is 13.9. The van der Waals surface area contributed by atoms with Gasteiger partial charge < -0.3 is 5.32 Å². The van der Waals surface area contributed by atoms with E-state index in [-0.39, 0.29) is 30.7 Å². The van der Waals surface area contributed by atoms with Gasteiger partial charge in [0, 0.05) is 12.2 Å². The Morgan fingerprint density at radius 1 is 1.14 bits per heavy atom. The molecule has 3 heterocycles. The summed E-state index contributed by atoms with van der Waals surface area (Å²) >= 11 is 1.55. The number of nitrogens with one attached hydrogen (secondary N) is 1. The fourth-order valence-electron chi connectivity index (χ4n) is 4.54. The molecule has 2 aromatic carbocycles. The molecule has 6 nitrogen and oxygen atoms in total. The Balaban J connectivity index is 1.55. The van der Waals surface area contributed by atoms with E-state index in [2.05, 4.69) is 10.4 Å². The van der Waals surface area contributed by atoms with Gasteiger partial charge in [-0.1, -0.05) is 35.9 Å². The molecule has 0 spiro atoms. The predicted octanol–water partition coefficient (Wildman–Crippen LogP) is 5.10. The number of nitrogens with zero attached hydrogens (tertiary/aromatic N) is 3. The number of rotatable bonds is 5. The van der Waals surface area contributed by atoms with E-state index in [1.54, 1.807) is 46.0 Å². The average Bonchev–Trinajstić information content (AvgIpc) is 3.50. The minimum Gasteiger partial charge on any atom is -0.350 e. The van der Waals surface area contributed by atoms with Crippen molar-refractivity contribution >= 4 is 28.8 Å². The summed E-state index contributed by atoms with van der Waals surface area (Å²) in [6, 6.07) is 17.5. The van der Waals surface area contributed by atoms with Crippen molar-refractivity contribution in [1.29, 1.82) is 0 Å². The molecule has 0 unspecified atom stereocenters. The van der Waals surface area contributed by atoms with E-state index >= 15 is 0 Å². The van der Waals surface area contributed by atoms with Crippen molar-refractivity contribution in [2.75, 3.05) is 4.90 Å². The van der Waals surface area contributed by atoms with Gasteiger partial charge in [0.25, 0.3) is 5.91 Å². The topological polar surface area (TPSA) is 67.2 Å². The molecular weight excluding hydrogens is 463 g/mol. The van der Waals surface area contributed by atoms with E-state index < -0.39 is 5.54 Å². The van der Waals surface area contributed by atoms with Crippen molar-refractivity contribution in [3.8, 4) is 10.6 Å². The summed E-state index contributed by atoms with van der Waals surface area (Å²) in [5.74, 6) is -0.925. The van der Waals surface area contributed by atoms with Gasteiger partial charge in [-0.25, -0.2) is 4.39 Å². The number of aryl methyl sites for hydroxylation is 2. The first kappa shape index (κ1) is 23.0. The normalized spacial score (nSPS) is 17.4. The molecule has 1 N–H and O–H groups in total. The summed E-state index contributed by atoms with van der Waals surface area (Å²) in [6.07, 6.45) is 0. The molecule has 1 aliphatic rings. The summed E-state index contributed by atoms with van der Waals surface area (Å²) in [5.41, 5.74) is 3.35. The molecule has 4 aromatic rings. The summed E-state index contributed by atoms with van der Waals surface area (Å²) < 4.78 is 14.9. The van der Waals surface area contributed by atoms with Gasteiger partial charge in [0.15, 0.2) is 0 Å². The van der Waals surface area contributed by atoms with Crippen LogP contribution >= 0.6 is 11.3 Å². The summed E-state index contributed by atoms with van der Waals surface area (Å²) in [5, 5.41) is 9.59. The molecule has 2 amide bonds. The maximum Gasteiger partial charge on any atom is 0.277 e. The van der Waals surface area contributed by atoms with E-state index in [0.717, 1.165) is 21.6 Å². The number of aromatic nitrogens is 2. The number of fused-ring (bicyclic) bond motifs is 1. The third-order valence-electron chi connectivity index (χ3n) is 6.38. The second-order valence-electron chi connectivity index (χ2n) is 9.06. The third kappa shape index (κ3) is 4.14. The molecule has 35 heavy (non-hydrogen) atoms. The van der Waals surface area contributed by atoms with Crippen LogP contribution in [0.2, 0.25) is 0 Å². The number of carbonyl (C=O) groups excluding carboxylic acids is 2. The number of anilines is 1. The highest BCUT2D eigenvalue weighted by atomic mass is 32.1. The first-order chi connectivity index (χ1) is 16.8. The molecule has 1 aliphatic heterocycles. The van der Waals surface area contributed by atoms with Crippen molar-refractivity contribution in [2.45, 2.75) is 39.4 Å². The lowest BCUT2D eigenvalue weighted by Gasteiger charge is -2.43. The third-order valence-corrected chi connectivity index (χ3v) is 7.27. The van der Waals surface area contributed by atoms with E-state index in [0.29, 0.717) is 17.1 Å². The lowest BCUT2D eigenvalue weighted by molar-refractivity contribution is -0.126. The Kier molecular flexibility index (Phi) is 5.76. The first-order valence-corrected chi connectivity index (χ1v) is 12.2. The zero-order valence-corrected chi connectivity index (χ0v) is 20.5. The van der Waals surface area contributed by atoms with Crippen LogP contribution in [0.5, 0.6) is 0 Å². The Bertz CT molecular complexity index is 1410. The number of carbonyl (C=O) groups is 2. The number of halogens is 1. The van der Waals surface area contributed by atoms with E-state index in [1.165, 1.54) is 12.1 Å². The number of benzene rings is 2. The van der Waals surface area contributed by atoms with Gasteiger partial charge in [-0.15, -0.1) is 11.3 Å². The van der Waals surface area contributed by atoms with Crippen molar-refractivity contribution in [3.05, 3.63) is 94.2 Å². The van der Waals surface area contributed by atoms with Crippen LogP contribution in [0.1, 0.15) is 34.1 Å². The van der Waals surface area contributed by atoms with Crippen LogP contribution in [0.15, 0.2) is 66.0 Å². The fourth-order valence-corrected chi connectivity index (χ4v) is 5.22. The number of amides is 2. The molecule has 8 heteroatoms. The zero-order chi connectivity index (χ0) is 24.7. The van der Waals surface area contributed by atoms with Crippen molar-refractivity contribution in [1.82, 2.24) is 15.1 Å². The highest BCUT2D eigenvalue weighted by Crippen LogP contribution is 2.36. The maximum atomic E-state index is 13.9. The van der Waals surface area contributed by atoms with Crippen LogP contribution in [0.25, 0.3) is 10.6 Å². The Morgan fingerprint density at radius 2 is 1.91 bits per heavy atom. The SMILES string of the molecule is Cc1ccc(N2C(=O)c3cc(-c4cccs4)nn3C[C@]2(C)C(=O)NCc2ccc(F)cc2)c(C)c1. The minimum absolute atomic E-state index is 0.196. The van der Waals surface area contributed by atoms with Gasteiger partial charge in [-0.2, -0.15) is 5.10 Å². The Hall–Kier alpha value is -3.78. The standard InChI is InChI=1S/C27H25FN4O2S/c1-17-6-11-22(18(2)13-17)32-25(33)23-14-21(24-5-4-12-35-24)30-31(23)16-27(32,3)26(34)29-15-19-7-9-20(28)10-8-19/h4-14H,15-16H2,1-3H3,(H,29,34)/t27-/m1/s1. The Morgan fingerprint density at radius 3 is 2.60 bits per heavy atom. The van der Waals surface area contributed by atoms with Crippen LogP contribution in [0.3, 0.4) is 0 Å². The number of hydrogen-bond donors (Lipinski definition) is 1. The molecule has 5 rings (SSSR count). The average molecular weight is 489 g/mol.